The predicted molar refractivity (Wildman–Crippen MR) is 116 cm³/mol. The molecule has 0 saturated heterocycles. The van der Waals surface area contributed by atoms with Crippen molar-refractivity contribution in [3.8, 4) is 11.5 Å². The standard InChI is InChI=1S/C23H27N3O4/c1-5-17-13-22(28)26(14-16-7-6-8-19(11-16)24-15(2)27)25-23(17)18-9-10-20(29-3)21(12-18)30-4/h6-12,17H,5,13-14H2,1-4H3,(H,24,27). The number of ether oxygens (including phenoxy) is 2. The molecular formula is C23H27N3O4. The third-order valence-corrected chi connectivity index (χ3v) is 5.08. The number of hydrazone groups is 1. The molecule has 1 N–H and O–H groups in total. The number of nitrogens with one attached hydrogen (secondary N) is 1. The summed E-state index contributed by atoms with van der Waals surface area (Å²) in [7, 11) is 3.19. The summed E-state index contributed by atoms with van der Waals surface area (Å²) in [5.74, 6) is 1.15. The van der Waals surface area contributed by atoms with Gasteiger partial charge < -0.3 is 14.8 Å². The van der Waals surface area contributed by atoms with Gasteiger partial charge in [-0.1, -0.05) is 19.1 Å². The van der Waals surface area contributed by atoms with Crippen molar-refractivity contribution in [2.24, 2.45) is 11.0 Å². The van der Waals surface area contributed by atoms with Crippen LogP contribution in [-0.2, 0) is 16.1 Å². The number of hydrogen-bond donors (Lipinski definition) is 1. The highest BCUT2D eigenvalue weighted by molar-refractivity contribution is 6.06. The molecule has 0 radical (unpaired) electrons. The highest BCUT2D eigenvalue weighted by Gasteiger charge is 2.29. The van der Waals surface area contributed by atoms with E-state index in [1.54, 1.807) is 14.2 Å². The highest BCUT2D eigenvalue weighted by atomic mass is 16.5. The van der Waals surface area contributed by atoms with Crippen molar-refractivity contribution < 1.29 is 19.1 Å². The number of carbonyl (C=O) groups excluding carboxylic acids is 2. The topological polar surface area (TPSA) is 80.2 Å². The molecule has 1 atom stereocenters. The van der Waals surface area contributed by atoms with Gasteiger partial charge in [0.25, 0.3) is 0 Å². The second-order valence-corrected chi connectivity index (χ2v) is 7.20. The van der Waals surface area contributed by atoms with Crippen LogP contribution in [0.1, 0.15) is 37.8 Å². The van der Waals surface area contributed by atoms with Crippen LogP contribution in [0.15, 0.2) is 47.6 Å². The molecule has 30 heavy (non-hydrogen) atoms. The largest absolute Gasteiger partial charge is 0.493 e. The van der Waals surface area contributed by atoms with E-state index in [-0.39, 0.29) is 17.7 Å². The second kappa shape index (κ2) is 9.43. The smallest absolute Gasteiger partial charge is 0.243 e. The number of nitrogens with zero attached hydrogens (tertiary/aromatic N) is 2. The first kappa shape index (κ1) is 21.4. The molecule has 1 aliphatic rings. The average Bonchev–Trinajstić information content (AvgIpc) is 2.74. The summed E-state index contributed by atoms with van der Waals surface area (Å²) in [6.45, 7) is 3.85. The molecule has 7 heteroatoms. The van der Waals surface area contributed by atoms with E-state index >= 15 is 0 Å². The maximum atomic E-state index is 12.7. The van der Waals surface area contributed by atoms with Gasteiger partial charge in [-0.3, -0.25) is 9.59 Å². The van der Waals surface area contributed by atoms with E-state index in [9.17, 15) is 9.59 Å². The zero-order chi connectivity index (χ0) is 21.7. The Morgan fingerprint density at radius 1 is 1.17 bits per heavy atom. The molecule has 2 amide bonds. The van der Waals surface area contributed by atoms with Crippen molar-refractivity contribution in [2.75, 3.05) is 19.5 Å². The number of rotatable bonds is 7. The van der Waals surface area contributed by atoms with Crippen molar-refractivity contribution in [2.45, 2.75) is 33.2 Å². The van der Waals surface area contributed by atoms with Gasteiger partial charge in [-0.05, 0) is 42.3 Å². The van der Waals surface area contributed by atoms with Crippen LogP contribution in [-0.4, -0.2) is 36.8 Å². The van der Waals surface area contributed by atoms with E-state index in [0.717, 1.165) is 23.3 Å². The molecule has 1 unspecified atom stereocenters. The lowest BCUT2D eigenvalue weighted by Gasteiger charge is -2.29. The highest BCUT2D eigenvalue weighted by Crippen LogP contribution is 2.31. The lowest BCUT2D eigenvalue weighted by Crippen LogP contribution is -2.36. The Bertz CT molecular complexity index is 971. The van der Waals surface area contributed by atoms with E-state index in [0.29, 0.717) is 30.2 Å². The van der Waals surface area contributed by atoms with Crippen LogP contribution in [0.4, 0.5) is 5.69 Å². The summed E-state index contributed by atoms with van der Waals surface area (Å²) in [5.41, 5.74) is 3.35. The van der Waals surface area contributed by atoms with Gasteiger partial charge in [0.1, 0.15) is 0 Å². The number of benzene rings is 2. The first-order valence-corrected chi connectivity index (χ1v) is 9.93. The predicted octanol–water partition coefficient (Wildman–Crippen LogP) is 3.83. The van der Waals surface area contributed by atoms with Gasteiger partial charge in [0, 0.05) is 30.5 Å². The Morgan fingerprint density at radius 2 is 1.93 bits per heavy atom. The van der Waals surface area contributed by atoms with Gasteiger partial charge in [-0.15, -0.1) is 0 Å². The third-order valence-electron chi connectivity index (χ3n) is 5.08. The fourth-order valence-electron chi connectivity index (χ4n) is 3.55. The molecule has 0 fully saturated rings. The molecule has 158 valence electrons. The Balaban J connectivity index is 1.92. The van der Waals surface area contributed by atoms with Gasteiger partial charge in [0.2, 0.25) is 11.8 Å². The molecule has 0 aromatic heterocycles. The first-order valence-electron chi connectivity index (χ1n) is 9.93. The summed E-state index contributed by atoms with van der Waals surface area (Å²) < 4.78 is 10.8. The maximum absolute atomic E-state index is 12.7. The van der Waals surface area contributed by atoms with Crippen LogP contribution in [0.2, 0.25) is 0 Å². The summed E-state index contributed by atoms with van der Waals surface area (Å²) >= 11 is 0. The van der Waals surface area contributed by atoms with Crippen LogP contribution in [0.25, 0.3) is 0 Å². The van der Waals surface area contributed by atoms with Crippen LogP contribution in [0, 0.1) is 5.92 Å². The Morgan fingerprint density at radius 3 is 2.60 bits per heavy atom. The SMILES string of the molecule is CCC1CC(=O)N(Cc2cccc(NC(C)=O)c2)N=C1c1ccc(OC)c(OC)c1. The summed E-state index contributed by atoms with van der Waals surface area (Å²) in [6, 6.07) is 13.1. The second-order valence-electron chi connectivity index (χ2n) is 7.20. The molecule has 3 rings (SSSR count). The van der Waals surface area contributed by atoms with E-state index in [2.05, 4.69) is 12.2 Å². The summed E-state index contributed by atoms with van der Waals surface area (Å²) in [6.07, 6.45) is 1.21. The third kappa shape index (κ3) is 4.79. The molecular weight excluding hydrogens is 382 g/mol. The normalized spacial score (nSPS) is 16.1. The molecule has 2 aromatic carbocycles. The minimum Gasteiger partial charge on any atom is -0.493 e. The van der Waals surface area contributed by atoms with Gasteiger partial charge in [-0.2, -0.15) is 5.10 Å². The number of carbonyl (C=O) groups is 2. The molecule has 0 bridgehead atoms. The molecule has 2 aromatic rings. The monoisotopic (exact) mass is 409 g/mol. The molecule has 0 aliphatic carbocycles. The summed E-state index contributed by atoms with van der Waals surface area (Å²) in [5, 5.41) is 8.99. The lowest BCUT2D eigenvalue weighted by molar-refractivity contribution is -0.133. The van der Waals surface area contributed by atoms with Gasteiger partial charge in [0.15, 0.2) is 11.5 Å². The molecule has 0 saturated carbocycles. The minimum absolute atomic E-state index is 0.0176. The fraction of sp³-hybridized carbons (Fsp3) is 0.348. The van der Waals surface area contributed by atoms with E-state index < -0.39 is 0 Å². The van der Waals surface area contributed by atoms with Crippen LogP contribution in [0.3, 0.4) is 0 Å². The zero-order valence-electron chi connectivity index (χ0n) is 17.8. The number of anilines is 1. The fourth-order valence-corrected chi connectivity index (χ4v) is 3.55. The quantitative estimate of drug-likeness (QED) is 0.754. The van der Waals surface area contributed by atoms with Crippen LogP contribution in [0.5, 0.6) is 11.5 Å². The van der Waals surface area contributed by atoms with Crippen molar-refractivity contribution in [3.05, 3.63) is 53.6 Å². The van der Waals surface area contributed by atoms with Crippen molar-refractivity contribution in [1.29, 1.82) is 0 Å². The number of methoxy groups -OCH3 is 2. The van der Waals surface area contributed by atoms with Crippen LogP contribution < -0.4 is 14.8 Å². The zero-order valence-corrected chi connectivity index (χ0v) is 17.8. The molecule has 1 heterocycles. The van der Waals surface area contributed by atoms with Crippen molar-refractivity contribution in [3.63, 3.8) is 0 Å². The Kier molecular flexibility index (Phi) is 6.72. The summed E-state index contributed by atoms with van der Waals surface area (Å²) in [4.78, 5) is 24.1. The maximum Gasteiger partial charge on any atom is 0.243 e. The van der Waals surface area contributed by atoms with Crippen molar-refractivity contribution >= 4 is 23.2 Å². The lowest BCUT2D eigenvalue weighted by atomic mass is 9.89. The Labute approximate surface area is 176 Å². The van der Waals surface area contributed by atoms with E-state index in [4.69, 9.17) is 14.6 Å². The van der Waals surface area contributed by atoms with Crippen LogP contribution >= 0.6 is 0 Å². The molecule has 0 spiro atoms. The van der Waals surface area contributed by atoms with Crippen molar-refractivity contribution in [1.82, 2.24) is 5.01 Å². The number of hydrogen-bond acceptors (Lipinski definition) is 5. The number of amides is 2. The van der Waals surface area contributed by atoms with E-state index in [1.807, 2.05) is 42.5 Å². The first-order chi connectivity index (χ1) is 14.4. The van der Waals surface area contributed by atoms with Gasteiger partial charge >= 0.3 is 0 Å². The molecule has 7 nitrogen and oxygen atoms in total. The average molecular weight is 409 g/mol. The van der Waals surface area contributed by atoms with Gasteiger partial charge in [0.05, 0.1) is 26.5 Å². The Hall–Kier alpha value is -3.35. The molecule has 1 aliphatic heterocycles. The minimum atomic E-state index is -0.138. The van der Waals surface area contributed by atoms with E-state index in [1.165, 1.54) is 11.9 Å². The van der Waals surface area contributed by atoms with Gasteiger partial charge in [-0.25, -0.2) is 5.01 Å².